The van der Waals surface area contributed by atoms with Crippen molar-refractivity contribution in [1.29, 1.82) is 0 Å². The van der Waals surface area contributed by atoms with Gasteiger partial charge in [-0.2, -0.15) is 0 Å². The van der Waals surface area contributed by atoms with Crippen LogP contribution in [-0.4, -0.2) is 21.5 Å². The Morgan fingerprint density at radius 1 is 1.39 bits per heavy atom. The molecule has 0 unspecified atom stereocenters. The minimum atomic E-state index is -3.41. The van der Waals surface area contributed by atoms with Crippen molar-refractivity contribution >= 4 is 10.0 Å². The summed E-state index contributed by atoms with van der Waals surface area (Å²) in [4.78, 5) is 0.256. The van der Waals surface area contributed by atoms with Gasteiger partial charge in [-0.05, 0) is 37.0 Å². The van der Waals surface area contributed by atoms with Gasteiger partial charge in [-0.3, -0.25) is 0 Å². The molecule has 0 aromatic heterocycles. The van der Waals surface area contributed by atoms with E-state index in [9.17, 15) is 8.42 Å². The summed E-state index contributed by atoms with van der Waals surface area (Å²) in [6.45, 7) is 0.790. The summed E-state index contributed by atoms with van der Waals surface area (Å²) in [7, 11) is -3.41. The maximum atomic E-state index is 12.0. The van der Waals surface area contributed by atoms with Gasteiger partial charge >= 0.3 is 0 Å². The van der Waals surface area contributed by atoms with Crippen molar-refractivity contribution in [2.24, 2.45) is 11.7 Å². The van der Waals surface area contributed by atoms with Gasteiger partial charge in [0.15, 0.2) is 0 Å². The van der Waals surface area contributed by atoms with Crippen LogP contribution < -0.4 is 10.5 Å². The first-order valence-corrected chi connectivity index (χ1v) is 7.39. The topological polar surface area (TPSA) is 72.2 Å². The maximum absolute atomic E-state index is 12.0. The summed E-state index contributed by atoms with van der Waals surface area (Å²) in [5.74, 6) is 6.05. The van der Waals surface area contributed by atoms with Gasteiger partial charge in [0.1, 0.15) is 0 Å². The molecule has 0 atom stereocenters. The highest BCUT2D eigenvalue weighted by Gasteiger charge is 2.24. The fourth-order valence-electron chi connectivity index (χ4n) is 1.53. The van der Waals surface area contributed by atoms with Crippen LogP contribution >= 0.6 is 0 Å². The number of nitrogens with one attached hydrogen (secondary N) is 1. The smallest absolute Gasteiger partial charge is 0.240 e. The van der Waals surface area contributed by atoms with E-state index in [0.29, 0.717) is 18.0 Å². The molecule has 5 heteroatoms. The van der Waals surface area contributed by atoms with Gasteiger partial charge in [0, 0.05) is 12.1 Å². The van der Waals surface area contributed by atoms with Gasteiger partial charge < -0.3 is 5.73 Å². The van der Waals surface area contributed by atoms with Crippen molar-refractivity contribution in [3.63, 3.8) is 0 Å². The number of sulfonamides is 1. The van der Waals surface area contributed by atoms with Gasteiger partial charge in [0.2, 0.25) is 10.0 Å². The van der Waals surface area contributed by atoms with Gasteiger partial charge in [-0.1, -0.05) is 17.9 Å². The summed E-state index contributed by atoms with van der Waals surface area (Å²) in [6.07, 6.45) is 2.23. The van der Waals surface area contributed by atoms with E-state index >= 15 is 0 Å². The Morgan fingerprint density at radius 3 is 2.83 bits per heavy atom. The third kappa shape index (κ3) is 3.57. The van der Waals surface area contributed by atoms with Crippen LogP contribution in [0.5, 0.6) is 0 Å². The van der Waals surface area contributed by atoms with Crippen molar-refractivity contribution in [3.05, 3.63) is 29.8 Å². The first-order valence-electron chi connectivity index (χ1n) is 5.90. The number of nitrogens with two attached hydrogens (primary N) is 1. The summed E-state index contributed by atoms with van der Waals surface area (Å²) in [5.41, 5.74) is 5.95. The third-order valence-electron chi connectivity index (χ3n) is 2.74. The largest absolute Gasteiger partial charge is 0.320 e. The second kappa shape index (κ2) is 5.53. The SMILES string of the molecule is NCC#Cc1cccc(S(=O)(=O)NCC2CC2)c1. The van der Waals surface area contributed by atoms with Crippen molar-refractivity contribution in [3.8, 4) is 11.8 Å². The molecule has 0 spiro atoms. The van der Waals surface area contributed by atoms with Gasteiger partial charge in [-0.25, -0.2) is 13.1 Å². The zero-order valence-electron chi connectivity index (χ0n) is 10.0. The van der Waals surface area contributed by atoms with E-state index in [4.69, 9.17) is 5.73 Å². The molecule has 3 N–H and O–H groups in total. The molecule has 0 bridgehead atoms. The van der Waals surface area contributed by atoms with Crippen LogP contribution in [0.25, 0.3) is 0 Å². The second-order valence-electron chi connectivity index (χ2n) is 4.33. The lowest BCUT2D eigenvalue weighted by Crippen LogP contribution is -2.25. The number of rotatable bonds is 4. The standard InChI is InChI=1S/C13H16N2O2S/c14-8-2-4-11-3-1-5-13(9-11)18(16,17)15-10-12-6-7-12/h1,3,5,9,12,15H,6-8,10,14H2. The molecule has 2 rings (SSSR count). The van der Waals surface area contributed by atoms with Crippen molar-refractivity contribution in [2.75, 3.05) is 13.1 Å². The van der Waals surface area contributed by atoms with Crippen LogP contribution in [0.2, 0.25) is 0 Å². The maximum Gasteiger partial charge on any atom is 0.240 e. The van der Waals surface area contributed by atoms with E-state index in [1.807, 2.05) is 0 Å². The quantitative estimate of drug-likeness (QED) is 0.786. The first kappa shape index (κ1) is 13.1. The van der Waals surface area contributed by atoms with Crippen LogP contribution in [0.15, 0.2) is 29.2 Å². The first-order chi connectivity index (χ1) is 8.62. The minimum Gasteiger partial charge on any atom is -0.320 e. The van der Waals surface area contributed by atoms with Crippen molar-refractivity contribution in [2.45, 2.75) is 17.7 Å². The van der Waals surface area contributed by atoms with E-state index < -0.39 is 10.0 Å². The van der Waals surface area contributed by atoms with E-state index in [1.165, 1.54) is 0 Å². The fraction of sp³-hybridized carbons (Fsp3) is 0.385. The van der Waals surface area contributed by atoms with Crippen LogP contribution in [0.3, 0.4) is 0 Å². The lowest BCUT2D eigenvalue weighted by molar-refractivity contribution is 0.577. The fourth-order valence-corrected chi connectivity index (χ4v) is 2.69. The Labute approximate surface area is 108 Å². The Balaban J connectivity index is 2.15. The summed E-state index contributed by atoms with van der Waals surface area (Å²) in [6, 6.07) is 6.59. The van der Waals surface area contributed by atoms with Crippen LogP contribution in [-0.2, 0) is 10.0 Å². The average Bonchev–Trinajstić information content (AvgIpc) is 3.18. The number of hydrogen-bond acceptors (Lipinski definition) is 3. The highest BCUT2D eigenvalue weighted by atomic mass is 32.2. The number of hydrogen-bond donors (Lipinski definition) is 2. The summed E-state index contributed by atoms with van der Waals surface area (Å²) in [5, 5.41) is 0. The lowest BCUT2D eigenvalue weighted by atomic mass is 10.2. The average molecular weight is 264 g/mol. The molecule has 0 radical (unpaired) electrons. The Kier molecular flexibility index (Phi) is 4.02. The molecule has 1 aromatic rings. The molecule has 1 aliphatic carbocycles. The van der Waals surface area contributed by atoms with Crippen molar-refractivity contribution in [1.82, 2.24) is 4.72 Å². The second-order valence-corrected chi connectivity index (χ2v) is 6.10. The molecular formula is C13H16N2O2S. The molecule has 18 heavy (non-hydrogen) atoms. The molecule has 0 heterocycles. The van der Waals surface area contributed by atoms with Crippen LogP contribution in [0.4, 0.5) is 0 Å². The predicted octanol–water partition coefficient (Wildman–Crippen LogP) is 0.685. The lowest BCUT2D eigenvalue weighted by Gasteiger charge is -2.06. The predicted molar refractivity (Wildman–Crippen MR) is 70.3 cm³/mol. The van der Waals surface area contributed by atoms with E-state index in [-0.39, 0.29) is 11.4 Å². The Bertz CT molecular complexity index is 580. The van der Waals surface area contributed by atoms with E-state index in [0.717, 1.165) is 12.8 Å². The summed E-state index contributed by atoms with van der Waals surface area (Å²) >= 11 is 0. The zero-order valence-corrected chi connectivity index (χ0v) is 10.8. The third-order valence-corrected chi connectivity index (χ3v) is 4.16. The zero-order chi connectivity index (χ0) is 13.0. The molecule has 1 fully saturated rings. The normalized spacial score (nSPS) is 14.9. The highest BCUT2D eigenvalue weighted by Crippen LogP contribution is 2.28. The molecule has 4 nitrogen and oxygen atoms in total. The Hall–Kier alpha value is -1.35. The summed E-state index contributed by atoms with van der Waals surface area (Å²) < 4.78 is 26.6. The molecule has 0 amide bonds. The molecule has 0 saturated heterocycles. The molecule has 1 saturated carbocycles. The van der Waals surface area contributed by atoms with Crippen LogP contribution in [0, 0.1) is 17.8 Å². The van der Waals surface area contributed by atoms with Crippen molar-refractivity contribution < 1.29 is 8.42 Å². The highest BCUT2D eigenvalue weighted by molar-refractivity contribution is 7.89. The monoisotopic (exact) mass is 264 g/mol. The van der Waals surface area contributed by atoms with E-state index in [1.54, 1.807) is 24.3 Å². The minimum absolute atomic E-state index is 0.256. The van der Waals surface area contributed by atoms with Crippen LogP contribution in [0.1, 0.15) is 18.4 Å². The molecule has 0 aliphatic heterocycles. The number of benzene rings is 1. The van der Waals surface area contributed by atoms with Gasteiger partial charge in [0.25, 0.3) is 0 Å². The molecule has 1 aliphatic rings. The Morgan fingerprint density at radius 2 is 2.17 bits per heavy atom. The molecule has 96 valence electrons. The molecule has 1 aromatic carbocycles. The van der Waals surface area contributed by atoms with Gasteiger partial charge in [-0.15, -0.1) is 0 Å². The van der Waals surface area contributed by atoms with Gasteiger partial charge in [0.05, 0.1) is 11.4 Å². The molecular weight excluding hydrogens is 248 g/mol. The van der Waals surface area contributed by atoms with E-state index in [2.05, 4.69) is 16.6 Å².